The van der Waals surface area contributed by atoms with Crippen molar-refractivity contribution in [1.82, 2.24) is 0 Å². The molecule has 10 nitrogen and oxygen atoms in total. The van der Waals surface area contributed by atoms with Crippen LogP contribution in [0.3, 0.4) is 0 Å². The lowest BCUT2D eigenvalue weighted by Crippen LogP contribution is -2.60. The first-order chi connectivity index (χ1) is 15.9. The quantitative estimate of drug-likeness (QED) is 0.413. The lowest BCUT2D eigenvalue weighted by atomic mass is 9.96. The van der Waals surface area contributed by atoms with Crippen LogP contribution in [0.1, 0.15) is 23.7 Å². The monoisotopic (exact) mass is 464 g/mol. The van der Waals surface area contributed by atoms with E-state index in [1.54, 1.807) is 20.3 Å². The predicted octanol–water partition coefficient (Wildman–Crippen LogP) is 0.654. The molecule has 0 spiro atoms. The number of aliphatic hydroxyl groups is 4. The fourth-order valence-electron chi connectivity index (χ4n) is 4.13. The summed E-state index contributed by atoms with van der Waals surface area (Å²) in [6.07, 6.45) is -6.28. The molecule has 1 saturated heterocycles. The molecule has 6 atom stereocenters. The Labute approximate surface area is 190 Å². The summed E-state index contributed by atoms with van der Waals surface area (Å²) >= 11 is 0. The number of aliphatic hydroxyl groups excluding tert-OH is 4. The highest BCUT2D eigenvalue weighted by Crippen LogP contribution is 2.44. The van der Waals surface area contributed by atoms with E-state index in [1.165, 1.54) is 12.1 Å². The minimum absolute atomic E-state index is 0.124. The number of ether oxygens (including phenoxy) is 5. The molecule has 2 heterocycles. The Hall–Kier alpha value is -2.76. The highest BCUT2D eigenvalue weighted by atomic mass is 16.7. The second kappa shape index (κ2) is 9.62. The Morgan fingerprint density at radius 1 is 0.939 bits per heavy atom. The van der Waals surface area contributed by atoms with Gasteiger partial charge < -0.3 is 49.2 Å². The van der Waals surface area contributed by atoms with Gasteiger partial charge in [-0.25, -0.2) is 0 Å². The van der Waals surface area contributed by atoms with Crippen molar-refractivity contribution >= 4 is 0 Å². The number of phenols is 1. The van der Waals surface area contributed by atoms with Crippen LogP contribution in [-0.2, 0) is 11.2 Å². The van der Waals surface area contributed by atoms with E-state index in [0.29, 0.717) is 35.7 Å². The lowest BCUT2D eigenvalue weighted by molar-refractivity contribution is -0.277. The van der Waals surface area contributed by atoms with E-state index in [-0.39, 0.29) is 17.6 Å². The van der Waals surface area contributed by atoms with Gasteiger partial charge in [-0.2, -0.15) is 0 Å². The van der Waals surface area contributed by atoms with Crippen molar-refractivity contribution in [2.24, 2.45) is 0 Å². The minimum Gasteiger partial charge on any atom is -0.508 e. The number of phenolic OH excluding ortho intramolecular Hbond substituents is 1. The third-order valence-corrected chi connectivity index (χ3v) is 5.95. The Balaban J connectivity index is 1.57. The molecule has 2 aliphatic heterocycles. The minimum atomic E-state index is -1.57. The van der Waals surface area contributed by atoms with Crippen LogP contribution in [0.2, 0.25) is 0 Å². The van der Waals surface area contributed by atoms with Gasteiger partial charge in [-0.3, -0.25) is 0 Å². The first-order valence-corrected chi connectivity index (χ1v) is 10.6. The molecule has 2 aliphatic rings. The molecule has 0 radical (unpaired) electrons. The number of methoxy groups -OCH3 is 2. The molecule has 0 amide bonds. The molecule has 0 bridgehead atoms. The molecule has 0 aromatic heterocycles. The molecule has 2 aromatic rings. The molecule has 2 aromatic carbocycles. The van der Waals surface area contributed by atoms with E-state index in [9.17, 15) is 25.5 Å². The molecular weight excluding hydrogens is 436 g/mol. The van der Waals surface area contributed by atoms with Gasteiger partial charge in [-0.15, -0.1) is 0 Å². The Morgan fingerprint density at radius 2 is 1.70 bits per heavy atom. The number of hydrogen-bond acceptors (Lipinski definition) is 10. The standard InChI is InChI=1S/C23H28O10/c1-29-15-5-3-11(7-18(15)30-2)14-6-4-13-16(31-14)8-12(25)9-17(13)32-23-22(28)21(27)20(26)19(10-24)33-23/h3,5,7-9,14,19-28H,4,6,10H2,1-2H3/t14-,19?,20-,21-,22-,23+/m0/s1. The van der Waals surface area contributed by atoms with Gasteiger partial charge in [0.15, 0.2) is 11.5 Å². The van der Waals surface area contributed by atoms with Gasteiger partial charge >= 0.3 is 0 Å². The van der Waals surface area contributed by atoms with Crippen LogP contribution in [0.5, 0.6) is 28.7 Å². The molecule has 0 saturated carbocycles. The largest absolute Gasteiger partial charge is 0.508 e. The number of aromatic hydroxyl groups is 1. The smallest absolute Gasteiger partial charge is 0.229 e. The van der Waals surface area contributed by atoms with Crippen molar-refractivity contribution in [3.8, 4) is 28.7 Å². The number of benzene rings is 2. The van der Waals surface area contributed by atoms with Gasteiger partial charge in [-0.1, -0.05) is 6.07 Å². The second-order valence-electron chi connectivity index (χ2n) is 8.00. The molecule has 10 heteroatoms. The van der Waals surface area contributed by atoms with Crippen molar-refractivity contribution in [3.63, 3.8) is 0 Å². The van der Waals surface area contributed by atoms with E-state index in [4.69, 9.17) is 23.7 Å². The maximum atomic E-state index is 10.3. The van der Waals surface area contributed by atoms with E-state index in [1.807, 2.05) is 12.1 Å². The van der Waals surface area contributed by atoms with Crippen molar-refractivity contribution < 1.29 is 49.2 Å². The van der Waals surface area contributed by atoms with Gasteiger partial charge in [0.25, 0.3) is 0 Å². The van der Waals surface area contributed by atoms with Crippen LogP contribution in [0.15, 0.2) is 30.3 Å². The average Bonchev–Trinajstić information content (AvgIpc) is 2.83. The first kappa shape index (κ1) is 23.4. The van der Waals surface area contributed by atoms with E-state index < -0.39 is 37.3 Å². The fourth-order valence-corrected chi connectivity index (χ4v) is 4.13. The third-order valence-electron chi connectivity index (χ3n) is 5.95. The second-order valence-corrected chi connectivity index (χ2v) is 8.00. The van der Waals surface area contributed by atoms with Crippen molar-refractivity contribution in [2.75, 3.05) is 20.8 Å². The average molecular weight is 464 g/mol. The molecule has 33 heavy (non-hydrogen) atoms. The van der Waals surface area contributed by atoms with E-state index in [0.717, 1.165) is 5.56 Å². The lowest BCUT2D eigenvalue weighted by Gasteiger charge is -2.40. The number of fused-ring (bicyclic) bond motifs is 1. The first-order valence-electron chi connectivity index (χ1n) is 10.6. The summed E-state index contributed by atoms with van der Waals surface area (Å²) in [5.41, 5.74) is 1.53. The van der Waals surface area contributed by atoms with Crippen molar-refractivity contribution in [3.05, 3.63) is 41.5 Å². The zero-order valence-corrected chi connectivity index (χ0v) is 18.2. The normalized spacial score (nSPS) is 29.0. The SMILES string of the molecule is COc1ccc([C@@H]2CCc3c(O[C@@H]4OC(CO)[C@H](O)[C@H](O)[C@@H]4O)cc(O)cc3O2)cc1OC. The third kappa shape index (κ3) is 4.53. The molecule has 1 fully saturated rings. The summed E-state index contributed by atoms with van der Waals surface area (Å²) in [6.45, 7) is -0.570. The van der Waals surface area contributed by atoms with Gasteiger partial charge in [0.05, 0.1) is 20.8 Å². The van der Waals surface area contributed by atoms with Gasteiger partial charge in [0.2, 0.25) is 6.29 Å². The summed E-state index contributed by atoms with van der Waals surface area (Å²) in [6, 6.07) is 8.35. The molecule has 4 rings (SSSR count). The van der Waals surface area contributed by atoms with E-state index in [2.05, 4.69) is 0 Å². The summed E-state index contributed by atoms with van der Waals surface area (Å²) in [5, 5.41) is 49.9. The summed E-state index contributed by atoms with van der Waals surface area (Å²) in [5.74, 6) is 1.67. The van der Waals surface area contributed by atoms with Gasteiger partial charge in [-0.05, 0) is 30.5 Å². The molecule has 5 N–H and O–H groups in total. The van der Waals surface area contributed by atoms with Crippen LogP contribution < -0.4 is 18.9 Å². The van der Waals surface area contributed by atoms with Gasteiger partial charge in [0, 0.05) is 17.7 Å². The summed E-state index contributed by atoms with van der Waals surface area (Å²) < 4.78 is 28.0. The van der Waals surface area contributed by atoms with Crippen molar-refractivity contribution in [1.29, 1.82) is 0 Å². The highest BCUT2D eigenvalue weighted by Gasteiger charge is 2.45. The van der Waals surface area contributed by atoms with Crippen molar-refractivity contribution in [2.45, 2.75) is 49.7 Å². The fraction of sp³-hybridized carbons (Fsp3) is 0.478. The maximum Gasteiger partial charge on any atom is 0.229 e. The molecule has 180 valence electrons. The molecular formula is C23H28O10. The summed E-state index contributed by atoms with van der Waals surface area (Å²) in [4.78, 5) is 0. The zero-order chi connectivity index (χ0) is 23.7. The maximum absolute atomic E-state index is 10.3. The van der Waals surface area contributed by atoms with Gasteiger partial charge in [0.1, 0.15) is 47.8 Å². The van der Waals surface area contributed by atoms with Crippen LogP contribution in [0.4, 0.5) is 0 Å². The molecule has 0 aliphatic carbocycles. The van der Waals surface area contributed by atoms with Crippen LogP contribution >= 0.6 is 0 Å². The predicted molar refractivity (Wildman–Crippen MR) is 114 cm³/mol. The Kier molecular flexibility index (Phi) is 6.82. The Bertz CT molecular complexity index is 978. The number of hydrogen-bond donors (Lipinski definition) is 5. The Morgan fingerprint density at radius 3 is 2.39 bits per heavy atom. The summed E-state index contributed by atoms with van der Waals surface area (Å²) in [7, 11) is 3.12. The van der Waals surface area contributed by atoms with E-state index >= 15 is 0 Å². The van der Waals surface area contributed by atoms with Crippen LogP contribution in [0, 0.1) is 0 Å². The molecule has 1 unspecified atom stereocenters. The highest BCUT2D eigenvalue weighted by molar-refractivity contribution is 5.52. The van der Waals surface area contributed by atoms with Crippen LogP contribution in [0.25, 0.3) is 0 Å². The topological polar surface area (TPSA) is 147 Å². The zero-order valence-electron chi connectivity index (χ0n) is 18.2. The van der Waals surface area contributed by atoms with Crippen LogP contribution in [-0.4, -0.2) is 77.1 Å². The number of rotatable bonds is 6.